The zero-order valence-electron chi connectivity index (χ0n) is 10.5. The molecule has 2 N–H and O–H groups in total. The van der Waals surface area contributed by atoms with Crippen molar-refractivity contribution >= 4 is 23.3 Å². The fraction of sp³-hybridized carbons (Fsp3) is 0.231. The van der Waals surface area contributed by atoms with Crippen molar-refractivity contribution in [2.24, 2.45) is 0 Å². The number of imidazole rings is 1. The molecule has 0 spiro atoms. The number of hydrogen-bond donors (Lipinski definition) is 1. The molecule has 0 fully saturated rings. The average molecular weight is 280 g/mol. The van der Waals surface area contributed by atoms with Crippen LogP contribution in [0.2, 0.25) is 5.02 Å². The van der Waals surface area contributed by atoms with Crippen LogP contribution in [0.25, 0.3) is 0 Å². The summed E-state index contributed by atoms with van der Waals surface area (Å²) in [4.78, 5) is 15.7. The van der Waals surface area contributed by atoms with Gasteiger partial charge in [0, 0.05) is 23.1 Å². The van der Waals surface area contributed by atoms with Crippen LogP contribution in [0.4, 0.5) is 5.69 Å². The number of benzene rings is 1. The van der Waals surface area contributed by atoms with Crippen molar-refractivity contribution in [2.75, 3.05) is 12.3 Å². The largest absolute Gasteiger partial charge is 0.460 e. The smallest absolute Gasteiger partial charge is 0.374 e. The Morgan fingerprint density at radius 3 is 3.00 bits per heavy atom. The van der Waals surface area contributed by atoms with Crippen molar-refractivity contribution in [3.63, 3.8) is 0 Å². The maximum absolute atomic E-state index is 11.7. The molecule has 0 unspecified atom stereocenters. The summed E-state index contributed by atoms with van der Waals surface area (Å²) in [6.45, 7) is 2.51. The van der Waals surface area contributed by atoms with Crippen LogP contribution in [0.15, 0.2) is 30.6 Å². The van der Waals surface area contributed by atoms with E-state index in [4.69, 9.17) is 22.1 Å². The van der Waals surface area contributed by atoms with Gasteiger partial charge in [0.25, 0.3) is 0 Å². The number of aromatic nitrogens is 2. The Bertz CT molecular complexity index is 595. The molecule has 0 radical (unpaired) electrons. The quantitative estimate of drug-likeness (QED) is 0.689. The van der Waals surface area contributed by atoms with Crippen molar-refractivity contribution < 1.29 is 9.53 Å². The molecule has 0 aliphatic rings. The molecule has 2 aromatic rings. The number of anilines is 1. The van der Waals surface area contributed by atoms with E-state index in [1.54, 1.807) is 36.0 Å². The lowest BCUT2D eigenvalue weighted by Gasteiger charge is -2.09. The molecule has 2 rings (SSSR count). The van der Waals surface area contributed by atoms with Crippen LogP contribution in [-0.2, 0) is 11.3 Å². The van der Waals surface area contributed by atoms with Gasteiger partial charge in [-0.25, -0.2) is 9.78 Å². The molecule has 1 aromatic heterocycles. The van der Waals surface area contributed by atoms with E-state index in [0.29, 0.717) is 23.9 Å². The number of nitrogens with two attached hydrogens (primary N) is 1. The van der Waals surface area contributed by atoms with Crippen LogP contribution < -0.4 is 5.73 Å². The molecule has 1 aromatic carbocycles. The highest BCUT2D eigenvalue weighted by molar-refractivity contribution is 6.30. The van der Waals surface area contributed by atoms with Crippen molar-refractivity contribution in [3.8, 4) is 0 Å². The SMILES string of the molecule is CCOC(=O)c1nccn1Cc1ccc(Cl)cc1N. The summed E-state index contributed by atoms with van der Waals surface area (Å²) >= 11 is 5.85. The molecular weight excluding hydrogens is 266 g/mol. The molecule has 0 aliphatic heterocycles. The van der Waals surface area contributed by atoms with E-state index < -0.39 is 5.97 Å². The molecule has 1 heterocycles. The third-order valence-corrected chi connectivity index (χ3v) is 2.86. The van der Waals surface area contributed by atoms with Gasteiger partial charge in [-0.05, 0) is 24.6 Å². The van der Waals surface area contributed by atoms with Crippen LogP contribution in [0, 0.1) is 0 Å². The highest BCUT2D eigenvalue weighted by Gasteiger charge is 2.14. The molecule has 100 valence electrons. The molecule has 0 bridgehead atoms. The maximum atomic E-state index is 11.7. The summed E-state index contributed by atoms with van der Waals surface area (Å²) < 4.78 is 6.63. The van der Waals surface area contributed by atoms with Crippen molar-refractivity contribution in [2.45, 2.75) is 13.5 Å². The van der Waals surface area contributed by atoms with E-state index in [2.05, 4.69) is 4.98 Å². The molecule has 0 saturated carbocycles. The standard InChI is InChI=1S/C13H14ClN3O2/c1-2-19-13(18)12-16-5-6-17(12)8-9-3-4-10(14)7-11(9)15/h3-7H,2,8,15H2,1H3. The minimum Gasteiger partial charge on any atom is -0.460 e. The summed E-state index contributed by atoms with van der Waals surface area (Å²) in [7, 11) is 0. The fourth-order valence-corrected chi connectivity index (χ4v) is 1.90. The van der Waals surface area contributed by atoms with Gasteiger partial charge in [-0.2, -0.15) is 0 Å². The topological polar surface area (TPSA) is 70.1 Å². The minimum atomic E-state index is -0.444. The predicted octanol–water partition coefficient (Wildman–Crippen LogP) is 2.34. The van der Waals surface area contributed by atoms with Gasteiger partial charge in [0.15, 0.2) is 0 Å². The molecule has 5 nitrogen and oxygen atoms in total. The first-order valence-corrected chi connectivity index (χ1v) is 6.21. The Labute approximate surface area is 116 Å². The van der Waals surface area contributed by atoms with Crippen LogP contribution in [0.3, 0.4) is 0 Å². The molecule has 0 aliphatic carbocycles. The van der Waals surface area contributed by atoms with E-state index in [1.807, 2.05) is 6.07 Å². The third kappa shape index (κ3) is 3.06. The maximum Gasteiger partial charge on any atom is 0.374 e. The second-order valence-electron chi connectivity index (χ2n) is 3.94. The molecule has 19 heavy (non-hydrogen) atoms. The normalized spacial score (nSPS) is 10.4. The van der Waals surface area contributed by atoms with Gasteiger partial charge in [0.05, 0.1) is 13.2 Å². The van der Waals surface area contributed by atoms with Crippen molar-refractivity contribution in [3.05, 3.63) is 47.0 Å². The molecule has 0 saturated heterocycles. The summed E-state index contributed by atoms with van der Waals surface area (Å²) in [6.07, 6.45) is 3.26. The Balaban J connectivity index is 2.24. The number of carbonyl (C=O) groups is 1. The summed E-state index contributed by atoms with van der Waals surface area (Å²) in [5.74, 6) is -0.184. The van der Waals surface area contributed by atoms with Gasteiger partial charge >= 0.3 is 5.97 Å². The number of nitrogens with zero attached hydrogens (tertiary/aromatic N) is 2. The first kappa shape index (κ1) is 13.4. The lowest BCUT2D eigenvalue weighted by atomic mass is 10.2. The number of carbonyl (C=O) groups excluding carboxylic acids is 1. The van der Waals surface area contributed by atoms with Crippen LogP contribution in [-0.4, -0.2) is 22.1 Å². The average Bonchev–Trinajstić information content (AvgIpc) is 2.81. The number of rotatable bonds is 4. The van der Waals surface area contributed by atoms with Gasteiger partial charge in [0.1, 0.15) is 0 Å². The first-order chi connectivity index (χ1) is 9.11. The number of hydrogen-bond acceptors (Lipinski definition) is 4. The van der Waals surface area contributed by atoms with Crippen molar-refractivity contribution in [1.82, 2.24) is 9.55 Å². The number of halogens is 1. The highest BCUT2D eigenvalue weighted by atomic mass is 35.5. The number of esters is 1. The molecular formula is C13H14ClN3O2. The Hall–Kier alpha value is -2.01. The monoisotopic (exact) mass is 279 g/mol. The third-order valence-electron chi connectivity index (χ3n) is 2.62. The van der Waals surface area contributed by atoms with E-state index in [9.17, 15) is 4.79 Å². The predicted molar refractivity (Wildman–Crippen MR) is 73.1 cm³/mol. The van der Waals surface area contributed by atoms with Gasteiger partial charge in [0.2, 0.25) is 5.82 Å². The Kier molecular flexibility index (Phi) is 4.06. The Morgan fingerprint density at radius 1 is 1.53 bits per heavy atom. The Morgan fingerprint density at radius 2 is 2.32 bits per heavy atom. The molecule has 6 heteroatoms. The number of ether oxygens (including phenoxy) is 1. The van der Waals surface area contributed by atoms with Gasteiger partial charge in [-0.3, -0.25) is 0 Å². The van der Waals surface area contributed by atoms with E-state index in [-0.39, 0.29) is 5.82 Å². The minimum absolute atomic E-state index is 0.260. The molecule has 0 amide bonds. The van der Waals surface area contributed by atoms with Crippen LogP contribution in [0.1, 0.15) is 23.1 Å². The second-order valence-corrected chi connectivity index (χ2v) is 4.38. The lowest BCUT2D eigenvalue weighted by Crippen LogP contribution is -2.14. The van der Waals surface area contributed by atoms with Crippen molar-refractivity contribution in [1.29, 1.82) is 0 Å². The van der Waals surface area contributed by atoms with Crippen LogP contribution >= 0.6 is 11.6 Å². The van der Waals surface area contributed by atoms with Gasteiger partial charge in [-0.1, -0.05) is 17.7 Å². The second kappa shape index (κ2) is 5.75. The summed E-state index contributed by atoms with van der Waals surface area (Å²) in [5, 5.41) is 0.581. The first-order valence-electron chi connectivity index (χ1n) is 5.84. The molecule has 0 atom stereocenters. The lowest BCUT2D eigenvalue weighted by molar-refractivity contribution is 0.0507. The van der Waals surface area contributed by atoms with Gasteiger partial charge < -0.3 is 15.0 Å². The van der Waals surface area contributed by atoms with Crippen LogP contribution in [0.5, 0.6) is 0 Å². The van der Waals surface area contributed by atoms with E-state index in [1.165, 1.54) is 0 Å². The van der Waals surface area contributed by atoms with Gasteiger partial charge in [-0.15, -0.1) is 0 Å². The summed E-state index contributed by atoms with van der Waals surface area (Å²) in [6, 6.07) is 5.26. The summed E-state index contributed by atoms with van der Waals surface area (Å²) in [5.41, 5.74) is 7.34. The van der Waals surface area contributed by atoms with E-state index >= 15 is 0 Å². The number of nitrogen functional groups attached to an aromatic ring is 1. The fourth-order valence-electron chi connectivity index (χ4n) is 1.72. The highest BCUT2D eigenvalue weighted by Crippen LogP contribution is 2.19. The van der Waals surface area contributed by atoms with E-state index in [0.717, 1.165) is 5.56 Å². The zero-order chi connectivity index (χ0) is 13.8. The zero-order valence-corrected chi connectivity index (χ0v) is 11.2.